The first-order chi connectivity index (χ1) is 16.3. The number of benzene rings is 3. The molecule has 0 unspecified atom stereocenters. The summed E-state index contributed by atoms with van der Waals surface area (Å²) in [6.07, 6.45) is 1.38. The van der Waals surface area contributed by atoms with E-state index in [1.165, 1.54) is 37.5 Å². The third-order valence-corrected chi connectivity index (χ3v) is 5.26. The second kappa shape index (κ2) is 11.2. The number of ether oxygens (including phenoxy) is 2. The van der Waals surface area contributed by atoms with E-state index in [1.54, 1.807) is 36.4 Å². The zero-order valence-electron chi connectivity index (χ0n) is 17.8. The van der Waals surface area contributed by atoms with Crippen LogP contribution in [0.2, 0.25) is 10.0 Å². The molecule has 34 heavy (non-hydrogen) atoms. The van der Waals surface area contributed by atoms with Gasteiger partial charge in [-0.2, -0.15) is 5.26 Å². The van der Waals surface area contributed by atoms with Crippen LogP contribution < -0.4 is 14.8 Å². The molecule has 0 aliphatic rings. The van der Waals surface area contributed by atoms with Crippen molar-refractivity contribution in [3.05, 3.63) is 93.0 Å². The minimum Gasteiger partial charge on any atom is -0.493 e. The Kier molecular flexibility index (Phi) is 8.14. The van der Waals surface area contributed by atoms with Gasteiger partial charge in [-0.15, -0.1) is 0 Å². The number of nitrogens with one attached hydrogen (secondary N) is 1. The SMILES string of the molecule is COc1cccc(/C=C(\C#N)C(=O)Nc2ccc(C(=O)O)cc2)c1OCc1ccc(Cl)cc1Cl. The number of hydrogen-bond donors (Lipinski definition) is 2. The van der Waals surface area contributed by atoms with E-state index in [2.05, 4.69) is 5.32 Å². The molecule has 2 N–H and O–H groups in total. The first-order valence-corrected chi connectivity index (χ1v) is 10.6. The molecule has 3 aromatic rings. The molecule has 0 spiro atoms. The zero-order valence-corrected chi connectivity index (χ0v) is 19.4. The van der Waals surface area contributed by atoms with Crippen LogP contribution in [-0.4, -0.2) is 24.1 Å². The number of rotatable bonds is 8. The summed E-state index contributed by atoms with van der Waals surface area (Å²) in [6, 6.07) is 17.5. The van der Waals surface area contributed by atoms with Gasteiger partial charge in [0, 0.05) is 26.9 Å². The summed E-state index contributed by atoms with van der Waals surface area (Å²) in [5.41, 5.74) is 1.36. The van der Waals surface area contributed by atoms with Crippen molar-refractivity contribution in [2.45, 2.75) is 6.61 Å². The molecule has 0 radical (unpaired) electrons. The van der Waals surface area contributed by atoms with E-state index in [0.717, 1.165) is 0 Å². The van der Waals surface area contributed by atoms with Gasteiger partial charge in [0.15, 0.2) is 11.5 Å². The molecule has 0 heterocycles. The van der Waals surface area contributed by atoms with Crippen LogP contribution in [0.25, 0.3) is 6.08 Å². The number of carboxylic acid groups (broad SMARTS) is 1. The van der Waals surface area contributed by atoms with Crippen LogP contribution in [0.4, 0.5) is 5.69 Å². The van der Waals surface area contributed by atoms with Crippen molar-refractivity contribution in [2.24, 2.45) is 0 Å². The third kappa shape index (κ3) is 6.07. The molecule has 0 aromatic heterocycles. The van der Waals surface area contributed by atoms with Crippen LogP contribution >= 0.6 is 23.2 Å². The molecule has 3 rings (SSSR count). The van der Waals surface area contributed by atoms with Crippen LogP contribution in [0.15, 0.2) is 66.2 Å². The molecule has 9 heteroatoms. The van der Waals surface area contributed by atoms with Gasteiger partial charge < -0.3 is 19.9 Å². The average molecular weight is 497 g/mol. The standard InChI is InChI=1S/C25H18Cl2N2O5/c1-33-22-4-2-3-16(23(22)34-14-17-5-8-19(26)12-21(17)27)11-18(13-28)24(30)29-20-9-6-15(7-10-20)25(31)32/h2-12H,14H2,1H3,(H,29,30)(H,31,32)/b18-11+. The van der Waals surface area contributed by atoms with Gasteiger partial charge in [-0.3, -0.25) is 4.79 Å². The molecule has 3 aromatic carbocycles. The van der Waals surface area contributed by atoms with Gasteiger partial charge in [-0.1, -0.05) is 41.4 Å². The topological polar surface area (TPSA) is 109 Å². The Morgan fingerprint density at radius 3 is 2.47 bits per heavy atom. The van der Waals surface area contributed by atoms with Crippen LogP contribution in [0.3, 0.4) is 0 Å². The smallest absolute Gasteiger partial charge is 0.335 e. The Bertz CT molecular complexity index is 1300. The summed E-state index contributed by atoms with van der Waals surface area (Å²) < 4.78 is 11.3. The van der Waals surface area contributed by atoms with E-state index < -0.39 is 11.9 Å². The largest absolute Gasteiger partial charge is 0.493 e. The number of methoxy groups -OCH3 is 1. The second-order valence-electron chi connectivity index (χ2n) is 6.91. The molecular weight excluding hydrogens is 479 g/mol. The summed E-state index contributed by atoms with van der Waals surface area (Å²) in [5.74, 6) is -1.02. The first-order valence-electron chi connectivity index (χ1n) is 9.82. The number of nitrogens with zero attached hydrogens (tertiary/aromatic N) is 1. The number of carbonyl (C=O) groups excluding carboxylic acids is 1. The van der Waals surface area contributed by atoms with Crippen molar-refractivity contribution in [3.63, 3.8) is 0 Å². The van der Waals surface area contributed by atoms with Crippen molar-refractivity contribution >= 4 is 46.8 Å². The highest BCUT2D eigenvalue weighted by Gasteiger charge is 2.15. The van der Waals surface area contributed by atoms with E-state index in [0.29, 0.717) is 38.4 Å². The maximum Gasteiger partial charge on any atom is 0.335 e. The van der Waals surface area contributed by atoms with E-state index in [-0.39, 0.29) is 17.7 Å². The molecule has 0 aliphatic heterocycles. The van der Waals surface area contributed by atoms with E-state index in [9.17, 15) is 14.9 Å². The second-order valence-corrected chi connectivity index (χ2v) is 7.75. The Hall–Kier alpha value is -3.99. The van der Waals surface area contributed by atoms with Gasteiger partial charge in [0.25, 0.3) is 5.91 Å². The number of halogens is 2. The van der Waals surface area contributed by atoms with Gasteiger partial charge in [-0.05, 0) is 48.5 Å². The molecule has 0 saturated heterocycles. The zero-order chi connectivity index (χ0) is 24.7. The minimum absolute atomic E-state index is 0.0769. The number of para-hydroxylation sites is 1. The van der Waals surface area contributed by atoms with E-state index >= 15 is 0 Å². The number of hydrogen-bond acceptors (Lipinski definition) is 5. The lowest BCUT2D eigenvalue weighted by molar-refractivity contribution is -0.112. The Morgan fingerprint density at radius 2 is 1.85 bits per heavy atom. The monoisotopic (exact) mass is 496 g/mol. The Labute approximate surface area is 205 Å². The molecule has 0 aliphatic carbocycles. The maximum atomic E-state index is 12.7. The Morgan fingerprint density at radius 1 is 1.12 bits per heavy atom. The summed E-state index contributed by atoms with van der Waals surface area (Å²) >= 11 is 12.2. The molecule has 172 valence electrons. The predicted molar refractivity (Wildman–Crippen MR) is 129 cm³/mol. The van der Waals surface area contributed by atoms with Crippen LogP contribution in [-0.2, 0) is 11.4 Å². The molecule has 0 atom stereocenters. The normalized spacial score (nSPS) is 10.8. The van der Waals surface area contributed by atoms with Crippen molar-refractivity contribution in [3.8, 4) is 17.6 Å². The van der Waals surface area contributed by atoms with Gasteiger partial charge in [0.05, 0.1) is 12.7 Å². The lowest BCUT2D eigenvalue weighted by Gasteiger charge is -2.14. The molecule has 7 nitrogen and oxygen atoms in total. The Balaban J connectivity index is 1.86. The quantitative estimate of drug-likeness (QED) is 0.300. The summed E-state index contributed by atoms with van der Waals surface area (Å²) in [5, 5.41) is 22.1. The van der Waals surface area contributed by atoms with Gasteiger partial charge in [0.1, 0.15) is 18.2 Å². The van der Waals surface area contributed by atoms with Crippen molar-refractivity contribution in [1.82, 2.24) is 0 Å². The number of carbonyl (C=O) groups is 2. The first kappa shape index (κ1) is 24.6. The number of nitriles is 1. The fourth-order valence-electron chi connectivity index (χ4n) is 2.95. The highest BCUT2D eigenvalue weighted by molar-refractivity contribution is 6.35. The molecular formula is C25H18Cl2N2O5. The van der Waals surface area contributed by atoms with E-state index in [4.69, 9.17) is 37.8 Å². The summed E-state index contributed by atoms with van der Waals surface area (Å²) in [4.78, 5) is 23.6. The number of anilines is 1. The molecule has 0 fully saturated rings. The van der Waals surface area contributed by atoms with Gasteiger partial charge in [-0.25, -0.2) is 4.79 Å². The van der Waals surface area contributed by atoms with Crippen molar-refractivity contribution in [2.75, 3.05) is 12.4 Å². The van der Waals surface area contributed by atoms with Crippen molar-refractivity contribution in [1.29, 1.82) is 5.26 Å². The van der Waals surface area contributed by atoms with Crippen LogP contribution in [0, 0.1) is 11.3 Å². The lowest BCUT2D eigenvalue weighted by atomic mass is 10.1. The third-order valence-electron chi connectivity index (χ3n) is 4.67. The fraction of sp³-hybridized carbons (Fsp3) is 0.0800. The van der Waals surface area contributed by atoms with Crippen LogP contribution in [0.1, 0.15) is 21.5 Å². The van der Waals surface area contributed by atoms with Gasteiger partial charge in [0.2, 0.25) is 0 Å². The highest BCUT2D eigenvalue weighted by atomic mass is 35.5. The fourth-order valence-corrected chi connectivity index (χ4v) is 3.41. The maximum absolute atomic E-state index is 12.7. The number of amides is 1. The minimum atomic E-state index is -1.08. The summed E-state index contributed by atoms with van der Waals surface area (Å²) in [6.45, 7) is 0.0984. The predicted octanol–water partition coefficient (Wildman–Crippen LogP) is 5.82. The van der Waals surface area contributed by atoms with E-state index in [1.807, 2.05) is 6.07 Å². The number of carboxylic acids is 1. The molecule has 0 bridgehead atoms. The number of aromatic carboxylic acids is 1. The lowest BCUT2D eigenvalue weighted by Crippen LogP contribution is -2.13. The van der Waals surface area contributed by atoms with Crippen LogP contribution in [0.5, 0.6) is 11.5 Å². The molecule has 1 amide bonds. The molecule has 0 saturated carbocycles. The summed E-state index contributed by atoms with van der Waals surface area (Å²) in [7, 11) is 1.48. The van der Waals surface area contributed by atoms with Gasteiger partial charge >= 0.3 is 5.97 Å². The average Bonchev–Trinajstić information content (AvgIpc) is 2.82. The highest BCUT2D eigenvalue weighted by Crippen LogP contribution is 2.34. The van der Waals surface area contributed by atoms with Crippen molar-refractivity contribution < 1.29 is 24.2 Å².